The van der Waals surface area contributed by atoms with E-state index in [0.29, 0.717) is 6.42 Å². The Hall–Kier alpha value is -2.17. The van der Waals surface area contributed by atoms with Crippen LogP contribution in [0.2, 0.25) is 0 Å². The minimum Gasteiger partial charge on any atom is -0.312 e. The van der Waals surface area contributed by atoms with Crippen LogP contribution in [0.15, 0.2) is 48.5 Å². The van der Waals surface area contributed by atoms with Crippen molar-refractivity contribution in [2.45, 2.75) is 45.3 Å². The van der Waals surface area contributed by atoms with Crippen LogP contribution in [-0.2, 0) is 26.6 Å². The maximum absolute atomic E-state index is 13.2. The molecule has 0 spiro atoms. The Balaban J connectivity index is 2.06. The van der Waals surface area contributed by atoms with Crippen LogP contribution in [0.3, 0.4) is 0 Å². The number of benzene rings is 2. The van der Waals surface area contributed by atoms with Crippen molar-refractivity contribution in [3.8, 4) is 0 Å². The Bertz CT molecular complexity index is 776. The van der Waals surface area contributed by atoms with Gasteiger partial charge in [-0.05, 0) is 39.3 Å². The summed E-state index contributed by atoms with van der Waals surface area (Å²) in [5.74, 6) is -0.112. The molecule has 4 heteroatoms. The van der Waals surface area contributed by atoms with Gasteiger partial charge in [-0.15, -0.1) is 0 Å². The second-order valence-electron chi connectivity index (χ2n) is 7.65. The van der Waals surface area contributed by atoms with Crippen LogP contribution in [-0.4, -0.2) is 18.6 Å². The molecule has 1 aliphatic heterocycles. The Morgan fingerprint density at radius 2 is 1.68 bits per heavy atom. The van der Waals surface area contributed by atoms with Crippen molar-refractivity contribution < 1.29 is 14.6 Å². The van der Waals surface area contributed by atoms with Crippen molar-refractivity contribution in [3.05, 3.63) is 65.2 Å². The van der Waals surface area contributed by atoms with Gasteiger partial charge in [0.25, 0.3) is 5.91 Å². The van der Waals surface area contributed by atoms with E-state index in [9.17, 15) is 4.79 Å². The first kappa shape index (κ1) is 17.6. The zero-order chi connectivity index (χ0) is 18.2. The van der Waals surface area contributed by atoms with Crippen LogP contribution >= 0.6 is 0 Å². The molecule has 0 unspecified atom stereocenters. The van der Waals surface area contributed by atoms with E-state index in [1.54, 1.807) is 11.9 Å². The molecular formula is C21H25NO3. The molecule has 0 aromatic heterocycles. The number of hydrogen-bond donors (Lipinski definition) is 0. The summed E-state index contributed by atoms with van der Waals surface area (Å²) < 4.78 is 0. The average molecular weight is 339 g/mol. The number of amides is 1. The first-order chi connectivity index (χ1) is 11.7. The van der Waals surface area contributed by atoms with Gasteiger partial charge in [0, 0.05) is 19.0 Å². The Morgan fingerprint density at radius 3 is 2.32 bits per heavy atom. The topological polar surface area (TPSA) is 38.8 Å². The molecule has 1 atom stereocenters. The molecule has 0 bridgehead atoms. The Labute approximate surface area is 149 Å². The van der Waals surface area contributed by atoms with E-state index in [-0.39, 0.29) is 5.91 Å². The van der Waals surface area contributed by atoms with Crippen LogP contribution in [0.25, 0.3) is 0 Å². The highest BCUT2D eigenvalue weighted by atomic mass is 17.2. The second kappa shape index (κ2) is 6.28. The molecule has 2 aromatic carbocycles. The van der Waals surface area contributed by atoms with Crippen LogP contribution in [0.4, 0.5) is 5.69 Å². The zero-order valence-electron chi connectivity index (χ0n) is 15.5. The van der Waals surface area contributed by atoms with Gasteiger partial charge in [-0.2, -0.15) is 0 Å². The number of carbonyl (C=O) groups excluding carboxylic acids is 1. The van der Waals surface area contributed by atoms with E-state index < -0.39 is 11.2 Å². The predicted molar refractivity (Wildman–Crippen MR) is 98.3 cm³/mol. The Kier molecular flexibility index (Phi) is 4.43. The molecule has 0 fully saturated rings. The highest BCUT2D eigenvalue weighted by Gasteiger charge is 2.52. The highest BCUT2D eigenvalue weighted by Crippen LogP contribution is 2.44. The average Bonchev–Trinajstić information content (AvgIpc) is 2.78. The maximum atomic E-state index is 13.2. The summed E-state index contributed by atoms with van der Waals surface area (Å²) in [6.45, 7) is 7.76. The number of carbonyl (C=O) groups is 1. The van der Waals surface area contributed by atoms with Gasteiger partial charge in [-0.3, -0.25) is 4.79 Å². The van der Waals surface area contributed by atoms with Crippen molar-refractivity contribution in [2.24, 2.45) is 0 Å². The number of hydrogen-bond acceptors (Lipinski definition) is 3. The fourth-order valence-electron chi connectivity index (χ4n) is 3.07. The molecule has 132 valence electrons. The molecule has 0 N–H and O–H groups in total. The van der Waals surface area contributed by atoms with Crippen molar-refractivity contribution in [3.63, 3.8) is 0 Å². The number of aryl methyl sites for hydroxylation is 1. The quantitative estimate of drug-likeness (QED) is 0.620. The molecule has 2 aromatic rings. The summed E-state index contributed by atoms with van der Waals surface area (Å²) in [6, 6.07) is 15.9. The van der Waals surface area contributed by atoms with E-state index >= 15 is 0 Å². The number of nitrogens with zero attached hydrogens (tertiary/aromatic N) is 1. The molecule has 25 heavy (non-hydrogen) atoms. The van der Waals surface area contributed by atoms with E-state index in [0.717, 1.165) is 16.8 Å². The van der Waals surface area contributed by atoms with E-state index in [1.807, 2.05) is 76.2 Å². The summed E-state index contributed by atoms with van der Waals surface area (Å²) in [5, 5.41) is 0. The van der Waals surface area contributed by atoms with Gasteiger partial charge >= 0.3 is 0 Å². The summed E-state index contributed by atoms with van der Waals surface area (Å²) in [5.41, 5.74) is 2.22. The SMILES string of the molecule is Cc1ccc(C[C@]2(OOC(C)(C)C)C(=O)N(C)c3ccccc32)cc1. The molecule has 1 amide bonds. The van der Waals surface area contributed by atoms with Crippen molar-refractivity contribution in [2.75, 3.05) is 11.9 Å². The van der Waals surface area contributed by atoms with Crippen LogP contribution < -0.4 is 4.90 Å². The molecule has 4 nitrogen and oxygen atoms in total. The molecule has 0 radical (unpaired) electrons. The van der Waals surface area contributed by atoms with Gasteiger partial charge in [-0.25, -0.2) is 9.78 Å². The number of para-hydroxylation sites is 1. The van der Waals surface area contributed by atoms with Gasteiger partial charge in [0.1, 0.15) is 0 Å². The van der Waals surface area contributed by atoms with Gasteiger partial charge in [0.15, 0.2) is 0 Å². The molecule has 1 heterocycles. The smallest absolute Gasteiger partial charge is 0.267 e. The highest BCUT2D eigenvalue weighted by molar-refractivity contribution is 6.06. The maximum Gasteiger partial charge on any atom is 0.267 e. The third-order valence-electron chi connectivity index (χ3n) is 4.36. The first-order valence-electron chi connectivity index (χ1n) is 8.53. The van der Waals surface area contributed by atoms with Crippen molar-refractivity contribution in [1.82, 2.24) is 0 Å². The lowest BCUT2D eigenvalue weighted by Crippen LogP contribution is -2.44. The molecule has 3 rings (SSSR count). The lowest BCUT2D eigenvalue weighted by Gasteiger charge is -2.30. The minimum absolute atomic E-state index is 0.112. The van der Waals surface area contributed by atoms with Gasteiger partial charge in [-0.1, -0.05) is 48.0 Å². The standard InChI is InChI=1S/C21H25NO3/c1-15-10-12-16(13-11-15)14-21(25-24-20(2,3)4)17-8-6-7-9-18(17)22(5)19(21)23/h6-13H,14H2,1-5H3/t21-/m1/s1. The lowest BCUT2D eigenvalue weighted by atomic mass is 9.88. The largest absolute Gasteiger partial charge is 0.312 e. The number of rotatable bonds is 4. The van der Waals surface area contributed by atoms with Crippen LogP contribution in [0.5, 0.6) is 0 Å². The minimum atomic E-state index is -1.17. The van der Waals surface area contributed by atoms with Crippen molar-refractivity contribution >= 4 is 11.6 Å². The van der Waals surface area contributed by atoms with Gasteiger partial charge in [0.05, 0.1) is 11.3 Å². The first-order valence-corrected chi connectivity index (χ1v) is 8.53. The summed E-state index contributed by atoms with van der Waals surface area (Å²) in [4.78, 5) is 26.4. The molecule has 0 saturated carbocycles. The molecule has 0 saturated heterocycles. The number of likely N-dealkylation sites (N-methyl/N-ethyl adjacent to an activating group) is 1. The van der Waals surface area contributed by atoms with Crippen LogP contribution in [0.1, 0.15) is 37.5 Å². The van der Waals surface area contributed by atoms with E-state index in [1.165, 1.54) is 5.56 Å². The molecule has 0 aliphatic carbocycles. The number of anilines is 1. The normalized spacial score (nSPS) is 20.0. The Morgan fingerprint density at radius 1 is 1.04 bits per heavy atom. The van der Waals surface area contributed by atoms with Gasteiger partial charge in [0.2, 0.25) is 5.60 Å². The molecule has 1 aliphatic rings. The monoisotopic (exact) mass is 339 g/mol. The summed E-state index contributed by atoms with van der Waals surface area (Å²) in [7, 11) is 1.78. The van der Waals surface area contributed by atoms with E-state index in [2.05, 4.69) is 0 Å². The van der Waals surface area contributed by atoms with Crippen LogP contribution in [0, 0.1) is 6.92 Å². The third-order valence-corrected chi connectivity index (χ3v) is 4.36. The van der Waals surface area contributed by atoms with Gasteiger partial charge < -0.3 is 4.90 Å². The lowest BCUT2D eigenvalue weighted by molar-refractivity contribution is -0.396. The van der Waals surface area contributed by atoms with E-state index in [4.69, 9.17) is 9.78 Å². The summed E-state index contributed by atoms with van der Waals surface area (Å²) in [6.07, 6.45) is 0.420. The van der Waals surface area contributed by atoms with Crippen molar-refractivity contribution in [1.29, 1.82) is 0 Å². The third kappa shape index (κ3) is 3.32. The fraction of sp³-hybridized carbons (Fsp3) is 0.381. The number of fused-ring (bicyclic) bond motifs is 1. The second-order valence-corrected chi connectivity index (χ2v) is 7.65. The summed E-state index contributed by atoms with van der Waals surface area (Å²) >= 11 is 0. The predicted octanol–water partition coefficient (Wildman–Crippen LogP) is 4.16. The fourth-order valence-corrected chi connectivity index (χ4v) is 3.07. The molecular weight excluding hydrogens is 314 g/mol. The zero-order valence-corrected chi connectivity index (χ0v) is 15.5.